The van der Waals surface area contributed by atoms with Crippen LogP contribution in [0.1, 0.15) is 35.7 Å². The van der Waals surface area contributed by atoms with Gasteiger partial charge in [0.05, 0.1) is 0 Å². The molecule has 0 radical (unpaired) electrons. The summed E-state index contributed by atoms with van der Waals surface area (Å²) in [5.74, 6) is 1.13. The summed E-state index contributed by atoms with van der Waals surface area (Å²) in [4.78, 5) is 14.5. The molecule has 0 bridgehead atoms. The predicted octanol–water partition coefficient (Wildman–Crippen LogP) is 3.26. The van der Waals surface area contributed by atoms with Crippen LogP contribution in [-0.4, -0.2) is 42.4 Å². The number of carbonyl (C=O) groups excluding carboxylic acids is 1. The molecule has 0 saturated carbocycles. The summed E-state index contributed by atoms with van der Waals surface area (Å²) in [6.45, 7) is 3.17. The van der Waals surface area contributed by atoms with Crippen LogP contribution < -0.4 is 5.32 Å². The molecule has 1 amide bonds. The molecule has 2 rings (SSSR count). The van der Waals surface area contributed by atoms with Gasteiger partial charge in [-0.2, -0.15) is 11.8 Å². The summed E-state index contributed by atoms with van der Waals surface area (Å²) in [6.07, 6.45) is 5.29. The van der Waals surface area contributed by atoms with E-state index in [2.05, 4.69) is 24.6 Å². The number of nitrogens with one attached hydrogen (secondary N) is 1. The molecule has 1 N–H and O–H groups in total. The molecule has 1 aromatic rings. The van der Waals surface area contributed by atoms with Gasteiger partial charge in [-0.3, -0.25) is 4.79 Å². The first kappa shape index (κ1) is 15.2. The Morgan fingerprint density at radius 1 is 1.50 bits per heavy atom. The summed E-state index contributed by atoms with van der Waals surface area (Å²) >= 11 is 1.79. The Morgan fingerprint density at radius 2 is 2.30 bits per heavy atom. The number of aryl methyl sites for hydroxylation is 1. The number of thioether (sulfide) groups is 1. The number of amides is 1. The third-order valence-electron chi connectivity index (χ3n) is 3.99. The SMILES string of the molecule is CCC(CSC)N(C)C(=O)c1ccc2c(c1)CCCN2. The Morgan fingerprint density at radius 3 is 3.00 bits per heavy atom. The molecular formula is C16H24N2OS. The zero-order valence-electron chi connectivity index (χ0n) is 12.6. The average Bonchev–Trinajstić information content (AvgIpc) is 2.50. The van der Waals surface area contributed by atoms with Gasteiger partial charge in [-0.1, -0.05) is 6.92 Å². The maximum absolute atomic E-state index is 12.6. The van der Waals surface area contributed by atoms with E-state index in [1.807, 2.05) is 24.1 Å². The molecule has 20 heavy (non-hydrogen) atoms. The lowest BCUT2D eigenvalue weighted by molar-refractivity contribution is 0.0743. The second kappa shape index (κ2) is 7.02. The van der Waals surface area contributed by atoms with E-state index in [4.69, 9.17) is 0 Å². The van der Waals surface area contributed by atoms with Gasteiger partial charge >= 0.3 is 0 Å². The van der Waals surface area contributed by atoms with Crippen molar-refractivity contribution in [2.45, 2.75) is 32.2 Å². The van der Waals surface area contributed by atoms with E-state index in [0.717, 1.165) is 37.1 Å². The zero-order valence-corrected chi connectivity index (χ0v) is 13.4. The Labute approximate surface area is 126 Å². The number of rotatable bonds is 5. The lowest BCUT2D eigenvalue weighted by Crippen LogP contribution is -2.38. The van der Waals surface area contributed by atoms with E-state index in [1.54, 1.807) is 11.8 Å². The molecule has 110 valence electrons. The van der Waals surface area contributed by atoms with Crippen molar-refractivity contribution in [3.05, 3.63) is 29.3 Å². The molecule has 1 aliphatic rings. The van der Waals surface area contributed by atoms with E-state index >= 15 is 0 Å². The Kier molecular flexibility index (Phi) is 5.35. The number of benzene rings is 1. The van der Waals surface area contributed by atoms with Crippen molar-refractivity contribution in [3.63, 3.8) is 0 Å². The maximum atomic E-state index is 12.6. The average molecular weight is 292 g/mol. The third kappa shape index (κ3) is 3.29. The van der Waals surface area contributed by atoms with Gasteiger partial charge in [-0.25, -0.2) is 0 Å². The highest BCUT2D eigenvalue weighted by molar-refractivity contribution is 7.98. The normalized spacial score (nSPS) is 15.2. The third-order valence-corrected chi connectivity index (χ3v) is 4.71. The second-order valence-electron chi connectivity index (χ2n) is 5.34. The molecule has 0 fully saturated rings. The van der Waals surface area contributed by atoms with Crippen LogP contribution in [0.15, 0.2) is 18.2 Å². The molecule has 1 aliphatic heterocycles. The molecule has 1 heterocycles. The van der Waals surface area contributed by atoms with E-state index in [1.165, 1.54) is 11.3 Å². The first-order valence-corrected chi connectivity index (χ1v) is 8.69. The number of fused-ring (bicyclic) bond motifs is 1. The summed E-state index contributed by atoms with van der Waals surface area (Å²) in [5.41, 5.74) is 3.27. The molecule has 1 atom stereocenters. The van der Waals surface area contributed by atoms with Crippen molar-refractivity contribution in [2.75, 3.05) is 30.9 Å². The minimum Gasteiger partial charge on any atom is -0.385 e. The first-order chi connectivity index (χ1) is 9.67. The predicted molar refractivity (Wildman–Crippen MR) is 87.8 cm³/mol. The fraction of sp³-hybridized carbons (Fsp3) is 0.562. The monoisotopic (exact) mass is 292 g/mol. The molecule has 0 saturated heterocycles. The molecular weight excluding hydrogens is 268 g/mol. The first-order valence-electron chi connectivity index (χ1n) is 7.30. The van der Waals surface area contributed by atoms with Crippen molar-refractivity contribution in [3.8, 4) is 0 Å². The minimum absolute atomic E-state index is 0.138. The van der Waals surface area contributed by atoms with Gasteiger partial charge in [0.1, 0.15) is 0 Å². The molecule has 1 aromatic carbocycles. The van der Waals surface area contributed by atoms with Crippen LogP contribution in [-0.2, 0) is 6.42 Å². The highest BCUT2D eigenvalue weighted by Crippen LogP contribution is 2.24. The van der Waals surface area contributed by atoms with Crippen LogP contribution in [0.3, 0.4) is 0 Å². The van der Waals surface area contributed by atoms with Crippen LogP contribution in [0.5, 0.6) is 0 Å². The van der Waals surface area contributed by atoms with Crippen molar-refractivity contribution in [2.24, 2.45) is 0 Å². The number of nitrogens with zero attached hydrogens (tertiary/aromatic N) is 1. The van der Waals surface area contributed by atoms with Crippen LogP contribution >= 0.6 is 11.8 Å². The topological polar surface area (TPSA) is 32.3 Å². The van der Waals surface area contributed by atoms with Gasteiger partial charge < -0.3 is 10.2 Å². The summed E-state index contributed by atoms with van der Waals surface area (Å²) in [7, 11) is 1.92. The smallest absolute Gasteiger partial charge is 0.253 e. The number of carbonyl (C=O) groups is 1. The Bertz CT molecular complexity index is 476. The van der Waals surface area contributed by atoms with E-state index in [0.29, 0.717) is 6.04 Å². The lowest BCUT2D eigenvalue weighted by Gasteiger charge is -2.27. The molecule has 1 unspecified atom stereocenters. The molecule has 3 nitrogen and oxygen atoms in total. The fourth-order valence-corrected chi connectivity index (χ4v) is 3.52. The highest BCUT2D eigenvalue weighted by atomic mass is 32.2. The number of anilines is 1. The zero-order chi connectivity index (χ0) is 14.5. The van der Waals surface area contributed by atoms with E-state index < -0.39 is 0 Å². The van der Waals surface area contributed by atoms with Crippen LogP contribution in [0.25, 0.3) is 0 Å². The van der Waals surface area contributed by atoms with Crippen molar-refractivity contribution in [1.29, 1.82) is 0 Å². The van der Waals surface area contributed by atoms with Gasteiger partial charge in [0.2, 0.25) is 0 Å². The van der Waals surface area contributed by atoms with Gasteiger partial charge in [-0.05, 0) is 49.3 Å². The molecule has 4 heteroatoms. The summed E-state index contributed by atoms with van der Waals surface area (Å²) < 4.78 is 0. The van der Waals surface area contributed by atoms with Crippen molar-refractivity contribution < 1.29 is 4.79 Å². The quantitative estimate of drug-likeness (QED) is 0.904. The number of hydrogen-bond donors (Lipinski definition) is 1. The minimum atomic E-state index is 0.138. The highest BCUT2D eigenvalue weighted by Gasteiger charge is 2.20. The second-order valence-corrected chi connectivity index (χ2v) is 6.25. The molecule has 0 aliphatic carbocycles. The van der Waals surface area contributed by atoms with E-state index in [-0.39, 0.29) is 5.91 Å². The van der Waals surface area contributed by atoms with Crippen LogP contribution in [0.4, 0.5) is 5.69 Å². The standard InChI is InChI=1S/C16H24N2OS/c1-4-14(11-20-3)18(2)16(19)13-7-8-15-12(10-13)6-5-9-17-15/h7-8,10,14,17H,4-6,9,11H2,1-3H3. The fourth-order valence-electron chi connectivity index (χ4n) is 2.67. The van der Waals surface area contributed by atoms with Crippen molar-refractivity contribution in [1.82, 2.24) is 4.90 Å². The van der Waals surface area contributed by atoms with Gasteiger partial charge in [0.25, 0.3) is 5.91 Å². The largest absolute Gasteiger partial charge is 0.385 e. The summed E-state index contributed by atoms with van der Waals surface area (Å²) in [6, 6.07) is 6.37. The molecule has 0 spiro atoms. The Hall–Kier alpha value is -1.16. The van der Waals surface area contributed by atoms with Crippen LogP contribution in [0, 0.1) is 0 Å². The Balaban J connectivity index is 2.16. The van der Waals surface area contributed by atoms with Gasteiger partial charge in [0.15, 0.2) is 0 Å². The molecule has 0 aromatic heterocycles. The van der Waals surface area contributed by atoms with Gasteiger partial charge in [-0.15, -0.1) is 0 Å². The number of hydrogen-bond acceptors (Lipinski definition) is 3. The van der Waals surface area contributed by atoms with E-state index in [9.17, 15) is 4.79 Å². The van der Waals surface area contributed by atoms with Crippen LogP contribution in [0.2, 0.25) is 0 Å². The van der Waals surface area contributed by atoms with Gasteiger partial charge in [0, 0.05) is 36.6 Å². The lowest BCUT2D eigenvalue weighted by atomic mass is 10.00. The summed E-state index contributed by atoms with van der Waals surface area (Å²) in [5, 5.41) is 3.38. The van der Waals surface area contributed by atoms with Crippen molar-refractivity contribution >= 4 is 23.4 Å². The maximum Gasteiger partial charge on any atom is 0.253 e.